The van der Waals surface area contributed by atoms with Crippen molar-refractivity contribution in [1.29, 1.82) is 0 Å². The topological polar surface area (TPSA) is 57.7 Å². The fourth-order valence-electron chi connectivity index (χ4n) is 3.54. The van der Waals surface area contributed by atoms with Crippen molar-refractivity contribution in [1.82, 2.24) is 9.80 Å². The molecule has 1 aromatic rings. The van der Waals surface area contributed by atoms with Crippen LogP contribution in [0, 0.1) is 6.92 Å². The van der Waals surface area contributed by atoms with Crippen LogP contribution in [-0.4, -0.2) is 61.8 Å². The maximum Gasteiger partial charge on any atom is 0.237 e. The van der Waals surface area contributed by atoms with Gasteiger partial charge in [0.15, 0.2) is 9.84 Å². The summed E-state index contributed by atoms with van der Waals surface area (Å²) in [5.41, 5.74) is 2.46. The molecule has 0 N–H and O–H groups in total. The van der Waals surface area contributed by atoms with E-state index in [0.29, 0.717) is 19.6 Å². The van der Waals surface area contributed by atoms with Crippen LogP contribution in [0.1, 0.15) is 30.0 Å². The van der Waals surface area contributed by atoms with Gasteiger partial charge in [0.25, 0.3) is 0 Å². The average molecular weight is 336 g/mol. The van der Waals surface area contributed by atoms with Gasteiger partial charge in [-0.25, -0.2) is 8.42 Å². The van der Waals surface area contributed by atoms with E-state index in [2.05, 4.69) is 19.1 Å². The highest BCUT2D eigenvalue weighted by molar-refractivity contribution is 7.91. The molecule has 6 heteroatoms. The van der Waals surface area contributed by atoms with Gasteiger partial charge in [-0.05, 0) is 30.9 Å². The summed E-state index contributed by atoms with van der Waals surface area (Å²) in [4.78, 5) is 16.7. The maximum absolute atomic E-state index is 12.7. The van der Waals surface area contributed by atoms with Crippen LogP contribution in [0.5, 0.6) is 0 Å². The molecular weight excluding hydrogens is 312 g/mol. The molecule has 2 aliphatic heterocycles. The van der Waals surface area contributed by atoms with E-state index in [-0.39, 0.29) is 23.5 Å². The Kier molecular flexibility index (Phi) is 4.73. The number of aryl methyl sites for hydroxylation is 1. The van der Waals surface area contributed by atoms with Gasteiger partial charge in [0.2, 0.25) is 5.91 Å². The van der Waals surface area contributed by atoms with Crippen LogP contribution in [-0.2, 0) is 14.6 Å². The van der Waals surface area contributed by atoms with E-state index >= 15 is 0 Å². The lowest BCUT2D eigenvalue weighted by Crippen LogP contribution is -2.46. The lowest BCUT2D eigenvalue weighted by atomic mass is 9.99. The van der Waals surface area contributed by atoms with E-state index in [4.69, 9.17) is 0 Å². The van der Waals surface area contributed by atoms with E-state index in [1.54, 1.807) is 0 Å². The summed E-state index contributed by atoms with van der Waals surface area (Å²) in [6, 6.07) is 8.41. The SMILES string of the molecule is Cc1ccccc1C1CCCN1C(=O)CN1CCS(=O)(=O)CC1. The molecule has 1 aromatic carbocycles. The highest BCUT2D eigenvalue weighted by atomic mass is 32.2. The first-order valence-electron chi connectivity index (χ1n) is 8.24. The monoisotopic (exact) mass is 336 g/mol. The quantitative estimate of drug-likeness (QED) is 0.837. The highest BCUT2D eigenvalue weighted by Gasteiger charge is 2.32. The number of hydrogen-bond acceptors (Lipinski definition) is 4. The van der Waals surface area contributed by atoms with Gasteiger partial charge >= 0.3 is 0 Å². The van der Waals surface area contributed by atoms with Crippen LogP contribution in [0.2, 0.25) is 0 Å². The minimum atomic E-state index is -2.90. The maximum atomic E-state index is 12.7. The summed E-state index contributed by atoms with van der Waals surface area (Å²) >= 11 is 0. The Balaban J connectivity index is 1.66. The molecule has 2 heterocycles. The van der Waals surface area contributed by atoms with E-state index < -0.39 is 9.84 Å². The van der Waals surface area contributed by atoms with Gasteiger partial charge in [0.1, 0.15) is 0 Å². The second-order valence-corrected chi connectivity index (χ2v) is 8.83. The molecule has 23 heavy (non-hydrogen) atoms. The highest BCUT2D eigenvalue weighted by Crippen LogP contribution is 2.33. The zero-order chi connectivity index (χ0) is 16.4. The van der Waals surface area contributed by atoms with Gasteiger partial charge < -0.3 is 4.90 Å². The van der Waals surface area contributed by atoms with Gasteiger partial charge in [0.05, 0.1) is 24.1 Å². The van der Waals surface area contributed by atoms with Gasteiger partial charge in [-0.3, -0.25) is 9.69 Å². The number of amides is 1. The molecule has 1 amide bonds. The molecular formula is C17H24N2O3S. The van der Waals surface area contributed by atoms with Crippen LogP contribution in [0.3, 0.4) is 0 Å². The molecule has 3 rings (SSSR count). The third kappa shape index (κ3) is 3.75. The lowest BCUT2D eigenvalue weighted by Gasteiger charge is -2.31. The third-order valence-corrected chi connectivity index (χ3v) is 6.53. The molecule has 5 nitrogen and oxygen atoms in total. The van der Waals surface area contributed by atoms with Gasteiger partial charge in [-0.1, -0.05) is 24.3 Å². The molecule has 2 fully saturated rings. The van der Waals surface area contributed by atoms with Crippen LogP contribution >= 0.6 is 0 Å². The molecule has 0 bridgehead atoms. The van der Waals surface area contributed by atoms with Crippen molar-refractivity contribution < 1.29 is 13.2 Å². The summed E-state index contributed by atoms with van der Waals surface area (Å²) in [7, 11) is -2.90. The molecule has 1 atom stereocenters. The molecule has 1 unspecified atom stereocenters. The van der Waals surface area contributed by atoms with E-state index in [1.807, 2.05) is 21.9 Å². The van der Waals surface area contributed by atoms with Crippen molar-refractivity contribution in [3.8, 4) is 0 Å². The molecule has 126 valence electrons. The van der Waals surface area contributed by atoms with Crippen molar-refractivity contribution in [2.75, 3.05) is 37.7 Å². The zero-order valence-corrected chi connectivity index (χ0v) is 14.4. The van der Waals surface area contributed by atoms with Gasteiger partial charge in [-0.15, -0.1) is 0 Å². The van der Waals surface area contributed by atoms with E-state index in [9.17, 15) is 13.2 Å². The molecule has 0 radical (unpaired) electrons. The average Bonchev–Trinajstić information content (AvgIpc) is 2.99. The lowest BCUT2D eigenvalue weighted by molar-refractivity contribution is -0.133. The zero-order valence-electron chi connectivity index (χ0n) is 13.6. The molecule has 0 saturated carbocycles. The van der Waals surface area contributed by atoms with Crippen LogP contribution in [0.25, 0.3) is 0 Å². The number of carbonyl (C=O) groups is 1. The molecule has 2 saturated heterocycles. The standard InChI is InChI=1S/C17H24N2O3S/c1-14-5-2-3-6-15(14)16-7-4-8-19(16)17(20)13-18-9-11-23(21,22)12-10-18/h2-3,5-6,16H,4,7-13H2,1H3. The number of nitrogens with zero attached hydrogens (tertiary/aromatic N) is 2. The van der Waals surface area contributed by atoms with Crippen molar-refractivity contribution in [3.63, 3.8) is 0 Å². The van der Waals surface area contributed by atoms with Crippen molar-refractivity contribution >= 4 is 15.7 Å². The number of carbonyl (C=O) groups excluding carboxylic acids is 1. The predicted octanol–water partition coefficient (Wildman–Crippen LogP) is 1.39. The van der Waals surface area contributed by atoms with E-state index in [1.165, 1.54) is 11.1 Å². The number of hydrogen-bond donors (Lipinski definition) is 0. The Morgan fingerprint density at radius 3 is 2.57 bits per heavy atom. The Morgan fingerprint density at radius 2 is 1.87 bits per heavy atom. The number of rotatable bonds is 3. The fourth-order valence-corrected chi connectivity index (χ4v) is 4.82. The van der Waals surface area contributed by atoms with Crippen LogP contribution in [0.15, 0.2) is 24.3 Å². The second kappa shape index (κ2) is 6.61. The molecule has 2 aliphatic rings. The Morgan fingerprint density at radius 1 is 1.17 bits per heavy atom. The smallest absolute Gasteiger partial charge is 0.237 e. The normalized spacial score (nSPS) is 24.7. The van der Waals surface area contributed by atoms with Crippen molar-refractivity contribution in [2.24, 2.45) is 0 Å². The molecule has 0 spiro atoms. The minimum absolute atomic E-state index is 0.120. The number of benzene rings is 1. The van der Waals surface area contributed by atoms with Crippen molar-refractivity contribution in [3.05, 3.63) is 35.4 Å². The summed E-state index contributed by atoms with van der Waals surface area (Å²) in [6.07, 6.45) is 2.03. The Bertz CT molecular complexity index is 673. The summed E-state index contributed by atoms with van der Waals surface area (Å²) in [5, 5.41) is 0. The second-order valence-electron chi connectivity index (χ2n) is 6.53. The van der Waals surface area contributed by atoms with Crippen LogP contribution < -0.4 is 0 Å². The van der Waals surface area contributed by atoms with E-state index in [0.717, 1.165) is 19.4 Å². The Labute approximate surface area is 138 Å². The first-order valence-corrected chi connectivity index (χ1v) is 10.1. The van der Waals surface area contributed by atoms with Crippen LogP contribution in [0.4, 0.5) is 0 Å². The minimum Gasteiger partial charge on any atom is -0.335 e. The third-order valence-electron chi connectivity index (χ3n) is 4.92. The Hall–Kier alpha value is -1.40. The summed E-state index contributed by atoms with van der Waals surface area (Å²) in [6.45, 7) is 4.15. The number of sulfone groups is 1. The fraction of sp³-hybridized carbons (Fsp3) is 0.588. The first-order chi connectivity index (χ1) is 11.0. The van der Waals surface area contributed by atoms with Gasteiger partial charge in [-0.2, -0.15) is 0 Å². The molecule has 0 aromatic heterocycles. The van der Waals surface area contributed by atoms with Crippen molar-refractivity contribution in [2.45, 2.75) is 25.8 Å². The summed E-state index contributed by atoms with van der Waals surface area (Å²) in [5.74, 6) is 0.457. The predicted molar refractivity (Wildman–Crippen MR) is 90.0 cm³/mol. The summed E-state index contributed by atoms with van der Waals surface area (Å²) < 4.78 is 23.0. The molecule has 0 aliphatic carbocycles. The number of likely N-dealkylation sites (tertiary alicyclic amines) is 1. The van der Waals surface area contributed by atoms with Gasteiger partial charge in [0, 0.05) is 19.6 Å². The largest absolute Gasteiger partial charge is 0.335 e. The first kappa shape index (κ1) is 16.5.